The van der Waals surface area contributed by atoms with Crippen molar-refractivity contribution in [3.05, 3.63) is 77.9 Å². The van der Waals surface area contributed by atoms with Gasteiger partial charge in [-0.15, -0.1) is 0 Å². The molecule has 2 N–H and O–H groups in total. The first-order valence-corrected chi connectivity index (χ1v) is 11.0. The predicted molar refractivity (Wildman–Crippen MR) is 125 cm³/mol. The lowest BCUT2D eigenvalue weighted by molar-refractivity contribution is -0.121. The molecule has 0 saturated carbocycles. The predicted octanol–water partition coefficient (Wildman–Crippen LogP) is 4.87. The molecular formula is C25H28FN5O. The van der Waals surface area contributed by atoms with Gasteiger partial charge in [0.2, 0.25) is 5.91 Å². The Morgan fingerprint density at radius 2 is 1.88 bits per heavy atom. The summed E-state index contributed by atoms with van der Waals surface area (Å²) in [6, 6.07) is 15.9. The number of hydrogen-bond acceptors (Lipinski definition) is 5. The van der Waals surface area contributed by atoms with Gasteiger partial charge in [0.15, 0.2) is 0 Å². The van der Waals surface area contributed by atoms with Crippen LogP contribution in [0.3, 0.4) is 0 Å². The minimum Gasteiger partial charge on any atom is -0.325 e. The quantitative estimate of drug-likeness (QED) is 0.580. The summed E-state index contributed by atoms with van der Waals surface area (Å²) in [5.74, 6) is 1.42. The maximum Gasteiger partial charge on any atom is 0.241 e. The van der Waals surface area contributed by atoms with Crippen LogP contribution in [0.1, 0.15) is 36.9 Å². The van der Waals surface area contributed by atoms with Gasteiger partial charge in [0.25, 0.3) is 0 Å². The molecule has 0 spiro atoms. The van der Waals surface area contributed by atoms with E-state index < -0.39 is 0 Å². The van der Waals surface area contributed by atoms with E-state index in [1.54, 1.807) is 12.3 Å². The van der Waals surface area contributed by atoms with Crippen molar-refractivity contribution in [2.75, 3.05) is 23.7 Å². The molecule has 0 bridgehead atoms. The Bertz CT molecular complexity index is 1070. The molecule has 1 unspecified atom stereocenters. The molecule has 2 aromatic heterocycles. The van der Waals surface area contributed by atoms with Crippen LogP contribution in [0.2, 0.25) is 0 Å². The van der Waals surface area contributed by atoms with Gasteiger partial charge in [0, 0.05) is 23.5 Å². The van der Waals surface area contributed by atoms with E-state index in [9.17, 15) is 9.18 Å². The molecule has 4 rings (SSSR count). The van der Waals surface area contributed by atoms with Crippen LogP contribution in [0, 0.1) is 12.7 Å². The van der Waals surface area contributed by atoms with E-state index in [2.05, 4.69) is 26.6 Å². The highest BCUT2D eigenvalue weighted by Crippen LogP contribution is 2.29. The summed E-state index contributed by atoms with van der Waals surface area (Å²) >= 11 is 0. The summed E-state index contributed by atoms with van der Waals surface area (Å²) < 4.78 is 13.5. The second-order valence-electron chi connectivity index (χ2n) is 8.22. The number of aromatic nitrogens is 2. The number of halogens is 1. The fraction of sp³-hybridized carbons (Fsp3) is 0.320. The first-order chi connectivity index (χ1) is 15.5. The second-order valence-corrected chi connectivity index (χ2v) is 8.22. The lowest BCUT2D eigenvalue weighted by atomic mass is 9.92. The number of pyridine rings is 2. The van der Waals surface area contributed by atoms with Crippen LogP contribution in [-0.4, -0.2) is 39.9 Å². The highest BCUT2D eigenvalue weighted by Gasteiger charge is 2.28. The second kappa shape index (κ2) is 9.87. The summed E-state index contributed by atoms with van der Waals surface area (Å²) in [5, 5.41) is 6.12. The van der Waals surface area contributed by atoms with Crippen molar-refractivity contribution in [3.63, 3.8) is 0 Å². The highest BCUT2D eigenvalue weighted by atomic mass is 19.1. The van der Waals surface area contributed by atoms with Gasteiger partial charge in [0.05, 0.1) is 6.04 Å². The average Bonchev–Trinajstić information content (AvgIpc) is 2.82. The SMILES string of the molecule is Cc1ccc(F)cc1NC(=O)C(C)N1CCC(c2cccc(Nc3ccccn3)n2)CC1. The number of hydrogen-bond donors (Lipinski definition) is 2. The summed E-state index contributed by atoms with van der Waals surface area (Å²) in [5.41, 5.74) is 2.42. The van der Waals surface area contributed by atoms with Gasteiger partial charge in [0.1, 0.15) is 17.5 Å². The lowest BCUT2D eigenvalue weighted by Gasteiger charge is -2.35. The zero-order valence-electron chi connectivity index (χ0n) is 18.4. The number of piperidine rings is 1. The number of anilines is 3. The molecule has 1 amide bonds. The minimum atomic E-state index is -0.355. The van der Waals surface area contributed by atoms with Crippen LogP contribution in [-0.2, 0) is 4.79 Å². The van der Waals surface area contributed by atoms with Crippen molar-refractivity contribution in [3.8, 4) is 0 Å². The Labute approximate surface area is 187 Å². The Balaban J connectivity index is 1.34. The number of amides is 1. The van der Waals surface area contributed by atoms with Crippen LogP contribution >= 0.6 is 0 Å². The van der Waals surface area contributed by atoms with E-state index in [-0.39, 0.29) is 17.8 Å². The zero-order valence-corrected chi connectivity index (χ0v) is 18.4. The molecule has 1 aliphatic rings. The number of aryl methyl sites for hydroxylation is 1. The Morgan fingerprint density at radius 3 is 2.62 bits per heavy atom. The molecule has 166 valence electrons. The normalized spacial score (nSPS) is 15.8. The molecule has 3 heterocycles. The van der Waals surface area contributed by atoms with Gasteiger partial charge >= 0.3 is 0 Å². The van der Waals surface area contributed by atoms with Crippen LogP contribution in [0.25, 0.3) is 0 Å². The molecule has 1 atom stereocenters. The maximum atomic E-state index is 13.5. The summed E-state index contributed by atoms with van der Waals surface area (Å²) in [7, 11) is 0. The van der Waals surface area contributed by atoms with E-state index >= 15 is 0 Å². The Hall–Kier alpha value is -3.32. The van der Waals surface area contributed by atoms with E-state index in [4.69, 9.17) is 4.98 Å². The fourth-order valence-electron chi connectivity index (χ4n) is 4.03. The molecule has 7 heteroatoms. The number of rotatable bonds is 6. The van der Waals surface area contributed by atoms with Crippen molar-refractivity contribution in [1.82, 2.24) is 14.9 Å². The van der Waals surface area contributed by atoms with Crippen molar-refractivity contribution in [1.29, 1.82) is 0 Å². The number of carbonyl (C=O) groups is 1. The third-order valence-corrected chi connectivity index (χ3v) is 6.02. The molecule has 3 aromatic rings. The number of nitrogens with one attached hydrogen (secondary N) is 2. The van der Waals surface area contributed by atoms with E-state index in [0.29, 0.717) is 11.6 Å². The highest BCUT2D eigenvalue weighted by molar-refractivity contribution is 5.95. The number of carbonyl (C=O) groups excluding carboxylic acids is 1. The molecule has 0 aliphatic carbocycles. The smallest absolute Gasteiger partial charge is 0.241 e. The number of nitrogens with zero attached hydrogens (tertiary/aromatic N) is 3. The molecule has 1 saturated heterocycles. The molecule has 1 fully saturated rings. The monoisotopic (exact) mass is 433 g/mol. The van der Waals surface area contributed by atoms with Gasteiger partial charge in [-0.1, -0.05) is 18.2 Å². The largest absolute Gasteiger partial charge is 0.325 e. The molecule has 6 nitrogen and oxygen atoms in total. The van der Waals surface area contributed by atoms with Crippen LogP contribution < -0.4 is 10.6 Å². The Kier molecular flexibility index (Phi) is 6.75. The van der Waals surface area contributed by atoms with Crippen LogP contribution in [0.15, 0.2) is 60.8 Å². The summed E-state index contributed by atoms with van der Waals surface area (Å²) in [6.45, 7) is 5.37. The molecule has 1 aliphatic heterocycles. The third-order valence-electron chi connectivity index (χ3n) is 6.02. The van der Waals surface area contributed by atoms with E-state index in [1.807, 2.05) is 44.2 Å². The fourth-order valence-corrected chi connectivity index (χ4v) is 4.03. The summed E-state index contributed by atoms with van der Waals surface area (Å²) in [6.07, 6.45) is 3.60. The maximum absolute atomic E-state index is 13.5. The van der Waals surface area contributed by atoms with Crippen molar-refractivity contribution in [2.45, 2.75) is 38.6 Å². The van der Waals surface area contributed by atoms with Crippen LogP contribution in [0.4, 0.5) is 21.7 Å². The first-order valence-electron chi connectivity index (χ1n) is 11.0. The third kappa shape index (κ3) is 5.29. The summed E-state index contributed by atoms with van der Waals surface area (Å²) in [4.78, 5) is 24.0. The lowest BCUT2D eigenvalue weighted by Crippen LogP contribution is -2.45. The van der Waals surface area contributed by atoms with Gasteiger partial charge in [-0.05, 0) is 81.7 Å². The number of likely N-dealkylation sites (tertiary alicyclic amines) is 1. The number of benzene rings is 1. The van der Waals surface area contributed by atoms with Crippen molar-refractivity contribution in [2.24, 2.45) is 0 Å². The Morgan fingerprint density at radius 1 is 1.09 bits per heavy atom. The van der Waals surface area contributed by atoms with Crippen molar-refractivity contribution >= 4 is 23.2 Å². The average molecular weight is 434 g/mol. The van der Waals surface area contributed by atoms with Gasteiger partial charge < -0.3 is 10.6 Å². The first kappa shape index (κ1) is 21.9. The molecule has 0 radical (unpaired) electrons. The molecular weight excluding hydrogens is 405 g/mol. The van der Waals surface area contributed by atoms with Crippen molar-refractivity contribution < 1.29 is 9.18 Å². The minimum absolute atomic E-state index is 0.114. The van der Waals surface area contributed by atoms with E-state index in [0.717, 1.165) is 48.8 Å². The topological polar surface area (TPSA) is 70.2 Å². The van der Waals surface area contributed by atoms with Gasteiger partial charge in [-0.2, -0.15) is 0 Å². The molecule has 1 aromatic carbocycles. The standard InChI is InChI=1S/C25H28FN5O/c1-17-9-10-20(26)16-22(17)29-25(32)18(2)31-14-11-19(12-15-31)21-6-5-8-24(28-21)30-23-7-3-4-13-27-23/h3-10,13,16,18-19H,11-12,14-15H2,1-2H3,(H,29,32)(H,27,28,30). The molecule has 32 heavy (non-hydrogen) atoms. The van der Waals surface area contributed by atoms with E-state index in [1.165, 1.54) is 12.1 Å². The van der Waals surface area contributed by atoms with Gasteiger partial charge in [-0.25, -0.2) is 14.4 Å². The van der Waals surface area contributed by atoms with Gasteiger partial charge in [-0.3, -0.25) is 9.69 Å². The van der Waals surface area contributed by atoms with Crippen LogP contribution in [0.5, 0.6) is 0 Å². The zero-order chi connectivity index (χ0) is 22.5.